The van der Waals surface area contributed by atoms with Crippen molar-refractivity contribution in [2.24, 2.45) is 7.05 Å². The van der Waals surface area contributed by atoms with E-state index in [0.717, 1.165) is 0 Å². The molecule has 0 saturated carbocycles. The number of imidazole rings is 1. The Kier molecular flexibility index (Phi) is 6.35. The topological polar surface area (TPSA) is 81.7 Å². The molecule has 32 heavy (non-hydrogen) atoms. The maximum absolute atomic E-state index is 13.8. The lowest BCUT2D eigenvalue weighted by atomic mass is 9.74. The van der Waals surface area contributed by atoms with Crippen molar-refractivity contribution < 1.29 is 9.36 Å². The number of hydrogen-bond donors (Lipinski definition) is 0. The molecule has 0 aliphatic carbocycles. The van der Waals surface area contributed by atoms with Crippen LogP contribution in [0.4, 0.5) is 0 Å². The Labute approximate surface area is 193 Å². The SMILES string of the molecule is C[n+]1ccn(CC(=O)N(C2CC(C)(C)N([O-])C(C)(C)C2)C2CC(C)(C)N([O-])C(C)(C)C2)c1. The third kappa shape index (κ3) is 4.74. The molecule has 0 atom stereocenters. The van der Waals surface area contributed by atoms with Gasteiger partial charge in [0.25, 0.3) is 5.91 Å². The Morgan fingerprint density at radius 2 is 1.25 bits per heavy atom. The van der Waals surface area contributed by atoms with Gasteiger partial charge in [0.2, 0.25) is 6.33 Å². The summed E-state index contributed by atoms with van der Waals surface area (Å²) in [7, 11) is 1.93. The summed E-state index contributed by atoms with van der Waals surface area (Å²) in [6.07, 6.45) is 8.18. The zero-order valence-electron chi connectivity index (χ0n) is 21.4. The van der Waals surface area contributed by atoms with Crippen molar-refractivity contribution >= 4 is 5.91 Å². The molecule has 2 fully saturated rings. The highest BCUT2D eigenvalue weighted by atomic mass is 16.5. The second kappa shape index (κ2) is 8.08. The van der Waals surface area contributed by atoms with E-state index in [-0.39, 0.29) is 24.5 Å². The molecule has 2 aliphatic heterocycles. The molecule has 0 unspecified atom stereocenters. The summed E-state index contributed by atoms with van der Waals surface area (Å²) in [5.74, 6) is 0.0492. The van der Waals surface area contributed by atoms with Crippen LogP contribution >= 0.6 is 0 Å². The van der Waals surface area contributed by atoms with E-state index in [1.54, 1.807) is 0 Å². The molecule has 2 saturated heterocycles. The molecule has 8 nitrogen and oxygen atoms in total. The second-order valence-corrected chi connectivity index (χ2v) is 12.5. The van der Waals surface area contributed by atoms with E-state index in [9.17, 15) is 15.2 Å². The Hall–Kier alpha value is -1.48. The van der Waals surface area contributed by atoms with E-state index in [1.165, 1.54) is 10.1 Å². The minimum atomic E-state index is -0.574. The average molecular weight is 449 g/mol. The molecule has 0 spiro atoms. The largest absolute Gasteiger partial charge is 0.784 e. The summed E-state index contributed by atoms with van der Waals surface area (Å²) >= 11 is 0. The molecule has 3 heterocycles. The molecule has 1 aromatic rings. The van der Waals surface area contributed by atoms with Crippen LogP contribution in [0.5, 0.6) is 0 Å². The van der Waals surface area contributed by atoms with Gasteiger partial charge >= 0.3 is 0 Å². The fourth-order valence-corrected chi connectivity index (χ4v) is 6.35. The summed E-state index contributed by atoms with van der Waals surface area (Å²) in [4.78, 5) is 15.9. The Balaban J connectivity index is 1.99. The summed E-state index contributed by atoms with van der Waals surface area (Å²) in [6, 6.07) is -0.117. The van der Waals surface area contributed by atoms with E-state index in [1.807, 2.05) is 95.2 Å². The van der Waals surface area contributed by atoms with Crippen molar-refractivity contribution in [2.75, 3.05) is 0 Å². The van der Waals surface area contributed by atoms with Gasteiger partial charge in [-0.05, 0) is 81.1 Å². The number of hydroxylamine groups is 4. The molecule has 1 amide bonds. The highest BCUT2D eigenvalue weighted by Gasteiger charge is 2.49. The van der Waals surface area contributed by atoms with Crippen LogP contribution in [-0.2, 0) is 18.4 Å². The van der Waals surface area contributed by atoms with E-state index in [2.05, 4.69) is 0 Å². The van der Waals surface area contributed by atoms with Crippen LogP contribution in [0.25, 0.3) is 0 Å². The smallest absolute Gasteiger partial charge is 0.265 e. The van der Waals surface area contributed by atoms with E-state index in [0.29, 0.717) is 25.7 Å². The minimum absolute atomic E-state index is 0.0492. The van der Waals surface area contributed by atoms with Gasteiger partial charge in [0.05, 0.1) is 7.05 Å². The molecule has 0 aromatic carbocycles. The number of rotatable bonds is 4. The maximum Gasteiger partial charge on any atom is 0.265 e. The highest BCUT2D eigenvalue weighted by Crippen LogP contribution is 2.44. The lowest BCUT2D eigenvalue weighted by molar-refractivity contribution is -0.671. The van der Waals surface area contributed by atoms with Gasteiger partial charge in [-0.3, -0.25) is 4.79 Å². The van der Waals surface area contributed by atoms with Gasteiger partial charge in [-0.1, -0.05) is 0 Å². The Morgan fingerprint density at radius 1 is 0.875 bits per heavy atom. The minimum Gasteiger partial charge on any atom is -0.784 e. The first-order chi connectivity index (χ1) is 14.5. The van der Waals surface area contributed by atoms with E-state index >= 15 is 0 Å². The molecule has 0 N–H and O–H groups in total. The number of aromatic nitrogens is 2. The first kappa shape index (κ1) is 25.1. The molecule has 1 aromatic heterocycles. The third-order valence-electron chi connectivity index (χ3n) is 7.36. The highest BCUT2D eigenvalue weighted by molar-refractivity contribution is 5.77. The van der Waals surface area contributed by atoms with Crippen LogP contribution in [-0.4, -0.2) is 59.7 Å². The van der Waals surface area contributed by atoms with Crippen molar-refractivity contribution in [3.8, 4) is 0 Å². The number of amides is 1. The van der Waals surface area contributed by atoms with Gasteiger partial charge in [0, 0.05) is 34.2 Å². The lowest BCUT2D eigenvalue weighted by Gasteiger charge is -2.64. The van der Waals surface area contributed by atoms with Gasteiger partial charge in [-0.2, -0.15) is 0 Å². The summed E-state index contributed by atoms with van der Waals surface area (Å²) in [5.41, 5.74) is -2.30. The lowest BCUT2D eigenvalue weighted by Crippen LogP contribution is -2.67. The quantitative estimate of drug-likeness (QED) is 0.661. The van der Waals surface area contributed by atoms with Gasteiger partial charge < -0.3 is 25.4 Å². The second-order valence-electron chi connectivity index (χ2n) is 12.5. The van der Waals surface area contributed by atoms with Crippen molar-refractivity contribution in [1.29, 1.82) is 0 Å². The molecule has 3 rings (SSSR count). The first-order valence-corrected chi connectivity index (χ1v) is 11.7. The van der Waals surface area contributed by atoms with E-state index in [4.69, 9.17) is 0 Å². The van der Waals surface area contributed by atoms with Crippen molar-refractivity contribution in [3.63, 3.8) is 0 Å². The average Bonchev–Trinajstić information content (AvgIpc) is 3.01. The standard InChI is InChI=1S/C24H42N5O3/c1-21(2)12-18(13-22(3,4)28(21)31)27(20(30)16-26-11-10-25(9)17-26)19-14-23(5,6)29(32)24(7,8)15-19/h10-11,17-19H,12-16H2,1-9H3/q-1. The third-order valence-corrected chi connectivity index (χ3v) is 7.36. The van der Waals surface area contributed by atoms with E-state index < -0.39 is 22.2 Å². The normalized spacial score (nSPS) is 26.2. The predicted octanol–water partition coefficient (Wildman–Crippen LogP) is 3.18. The number of carbonyl (C=O) groups is 1. The fraction of sp³-hybridized carbons (Fsp3) is 0.833. The van der Waals surface area contributed by atoms with Gasteiger partial charge in [-0.25, -0.2) is 9.13 Å². The van der Waals surface area contributed by atoms with Gasteiger partial charge in [0.1, 0.15) is 12.4 Å². The van der Waals surface area contributed by atoms with Crippen LogP contribution in [0.15, 0.2) is 18.7 Å². The predicted molar refractivity (Wildman–Crippen MR) is 125 cm³/mol. The van der Waals surface area contributed by atoms with Crippen LogP contribution in [0.3, 0.4) is 0 Å². The zero-order chi connectivity index (χ0) is 24.3. The maximum atomic E-state index is 13.8. The van der Waals surface area contributed by atoms with Crippen LogP contribution < -0.4 is 4.57 Å². The van der Waals surface area contributed by atoms with Crippen LogP contribution in [0, 0.1) is 10.4 Å². The summed E-state index contributed by atoms with van der Waals surface area (Å²) < 4.78 is 3.81. The van der Waals surface area contributed by atoms with Crippen molar-refractivity contribution in [2.45, 2.75) is 122 Å². The number of hydrogen-bond acceptors (Lipinski definition) is 5. The number of aryl methyl sites for hydroxylation is 1. The molecule has 8 heteroatoms. The monoisotopic (exact) mass is 448 g/mol. The molecule has 0 bridgehead atoms. The molecule has 0 radical (unpaired) electrons. The first-order valence-electron chi connectivity index (χ1n) is 11.7. The molecule has 182 valence electrons. The number of piperidine rings is 2. The van der Waals surface area contributed by atoms with Crippen LogP contribution in [0.1, 0.15) is 81.1 Å². The van der Waals surface area contributed by atoms with Crippen LogP contribution in [0.2, 0.25) is 0 Å². The fourth-order valence-electron chi connectivity index (χ4n) is 6.35. The van der Waals surface area contributed by atoms with Crippen molar-refractivity contribution in [3.05, 3.63) is 29.1 Å². The Bertz CT molecular complexity index is 766. The summed E-state index contributed by atoms with van der Waals surface area (Å²) in [5, 5.41) is 28.4. The number of carbonyl (C=O) groups excluding carboxylic acids is 1. The summed E-state index contributed by atoms with van der Waals surface area (Å²) in [6.45, 7) is 16.0. The van der Waals surface area contributed by atoms with Crippen molar-refractivity contribution in [1.82, 2.24) is 19.6 Å². The van der Waals surface area contributed by atoms with Gasteiger partial charge in [0.15, 0.2) is 6.54 Å². The molecular formula is C24H42N5O3-. The molecular weight excluding hydrogens is 406 g/mol. The van der Waals surface area contributed by atoms with Gasteiger partial charge in [-0.15, -0.1) is 0 Å². The zero-order valence-corrected chi connectivity index (χ0v) is 21.4. The molecule has 2 aliphatic rings. The Morgan fingerprint density at radius 3 is 1.56 bits per heavy atom. The number of nitrogens with zero attached hydrogens (tertiary/aromatic N) is 5.